The Kier molecular flexibility index (Phi) is 4.94. The molecule has 0 aromatic heterocycles. The molecule has 4 nitrogen and oxygen atoms in total. The van der Waals surface area contributed by atoms with E-state index in [0.29, 0.717) is 11.4 Å². The minimum absolute atomic E-state index is 0.0278. The van der Waals surface area contributed by atoms with Crippen LogP contribution in [-0.4, -0.2) is 10.0 Å². The molecule has 2 unspecified atom stereocenters. The van der Waals surface area contributed by atoms with Gasteiger partial charge in [-0.2, -0.15) is 0 Å². The van der Waals surface area contributed by atoms with Gasteiger partial charge in [-0.15, -0.1) is 0 Å². The Balaban J connectivity index is 2.12. The number of aliphatic hydroxyl groups is 1. The summed E-state index contributed by atoms with van der Waals surface area (Å²) < 4.78 is 0. The van der Waals surface area contributed by atoms with E-state index in [2.05, 4.69) is 0 Å². The Bertz CT molecular complexity index is 631. The fraction of sp³-hybridized carbons (Fsp3) is 0.250. The van der Waals surface area contributed by atoms with E-state index < -0.39 is 11.0 Å². The van der Waals surface area contributed by atoms with Gasteiger partial charge in [-0.05, 0) is 23.5 Å². The first-order valence-electron chi connectivity index (χ1n) is 6.65. The standard InChI is InChI=1S/C16H16ClNO3/c1-11(16(19)12-5-3-2-4-6-12)9-13-7-8-14(18(20)21)10-15(13)17/h2-8,10-11,16,19H,9H2,1H3. The zero-order valence-electron chi connectivity index (χ0n) is 11.6. The minimum Gasteiger partial charge on any atom is -0.388 e. The first-order valence-corrected chi connectivity index (χ1v) is 7.02. The maximum atomic E-state index is 10.7. The molecule has 21 heavy (non-hydrogen) atoms. The molecule has 0 aliphatic heterocycles. The zero-order valence-corrected chi connectivity index (χ0v) is 12.3. The summed E-state index contributed by atoms with van der Waals surface area (Å²) in [5.41, 5.74) is 1.62. The van der Waals surface area contributed by atoms with Crippen molar-refractivity contribution in [2.75, 3.05) is 0 Å². The molecule has 0 bridgehead atoms. The highest BCUT2D eigenvalue weighted by atomic mass is 35.5. The van der Waals surface area contributed by atoms with Gasteiger partial charge in [0.15, 0.2) is 0 Å². The maximum absolute atomic E-state index is 10.7. The average molecular weight is 306 g/mol. The van der Waals surface area contributed by atoms with E-state index in [1.807, 2.05) is 37.3 Å². The van der Waals surface area contributed by atoms with Gasteiger partial charge in [0.25, 0.3) is 5.69 Å². The molecule has 0 saturated carbocycles. The van der Waals surface area contributed by atoms with E-state index in [9.17, 15) is 15.2 Å². The third kappa shape index (κ3) is 3.80. The van der Waals surface area contributed by atoms with Crippen LogP contribution < -0.4 is 0 Å². The first kappa shape index (κ1) is 15.5. The van der Waals surface area contributed by atoms with Gasteiger partial charge >= 0.3 is 0 Å². The van der Waals surface area contributed by atoms with Crippen molar-refractivity contribution in [2.24, 2.45) is 5.92 Å². The van der Waals surface area contributed by atoms with E-state index in [1.165, 1.54) is 12.1 Å². The van der Waals surface area contributed by atoms with Gasteiger partial charge in [0, 0.05) is 12.1 Å². The lowest BCUT2D eigenvalue weighted by molar-refractivity contribution is -0.384. The number of hydrogen-bond acceptors (Lipinski definition) is 3. The fourth-order valence-electron chi connectivity index (χ4n) is 2.25. The van der Waals surface area contributed by atoms with E-state index in [0.717, 1.165) is 11.1 Å². The van der Waals surface area contributed by atoms with E-state index in [-0.39, 0.29) is 11.6 Å². The number of nitrogens with zero attached hydrogens (tertiary/aromatic N) is 1. The Labute approximate surface area is 128 Å². The predicted molar refractivity (Wildman–Crippen MR) is 82.4 cm³/mol. The summed E-state index contributed by atoms with van der Waals surface area (Å²) >= 11 is 6.08. The van der Waals surface area contributed by atoms with Crippen molar-refractivity contribution in [3.05, 3.63) is 74.8 Å². The molecule has 2 aromatic carbocycles. The normalized spacial score (nSPS) is 13.7. The van der Waals surface area contributed by atoms with Gasteiger partial charge in [0.1, 0.15) is 0 Å². The second-order valence-electron chi connectivity index (χ2n) is 5.07. The molecule has 0 aliphatic rings. The third-order valence-electron chi connectivity index (χ3n) is 3.47. The van der Waals surface area contributed by atoms with E-state index in [1.54, 1.807) is 6.07 Å². The molecular weight excluding hydrogens is 290 g/mol. The molecule has 2 atom stereocenters. The number of halogens is 1. The smallest absolute Gasteiger partial charge is 0.270 e. The molecule has 2 aromatic rings. The number of rotatable bonds is 5. The topological polar surface area (TPSA) is 63.4 Å². The molecule has 5 heteroatoms. The summed E-state index contributed by atoms with van der Waals surface area (Å²) in [6.07, 6.45) is -0.0511. The quantitative estimate of drug-likeness (QED) is 0.666. The Morgan fingerprint density at radius 1 is 1.24 bits per heavy atom. The number of aliphatic hydroxyl groups excluding tert-OH is 1. The largest absolute Gasteiger partial charge is 0.388 e. The van der Waals surface area contributed by atoms with Crippen LogP contribution in [0.2, 0.25) is 5.02 Å². The van der Waals surface area contributed by atoms with Gasteiger partial charge in [0.05, 0.1) is 16.0 Å². The van der Waals surface area contributed by atoms with Crippen molar-refractivity contribution < 1.29 is 10.0 Å². The molecule has 0 fully saturated rings. The number of nitro benzene ring substituents is 1. The number of hydrogen-bond donors (Lipinski definition) is 1. The number of non-ortho nitro benzene ring substituents is 1. The summed E-state index contributed by atoms with van der Waals surface area (Å²) in [5.74, 6) is -0.0497. The molecule has 2 rings (SSSR count). The highest BCUT2D eigenvalue weighted by molar-refractivity contribution is 6.31. The van der Waals surface area contributed by atoms with Crippen LogP contribution in [0.4, 0.5) is 5.69 Å². The summed E-state index contributed by atoms with van der Waals surface area (Å²) in [6.45, 7) is 1.93. The van der Waals surface area contributed by atoms with Gasteiger partial charge in [-0.25, -0.2) is 0 Å². The summed E-state index contributed by atoms with van der Waals surface area (Å²) in [7, 11) is 0. The highest BCUT2D eigenvalue weighted by Gasteiger charge is 2.18. The van der Waals surface area contributed by atoms with Gasteiger partial charge in [0.2, 0.25) is 0 Å². The Morgan fingerprint density at radius 2 is 1.90 bits per heavy atom. The molecule has 0 radical (unpaired) electrons. The van der Waals surface area contributed by atoms with Crippen molar-refractivity contribution in [1.29, 1.82) is 0 Å². The van der Waals surface area contributed by atoms with Gasteiger partial charge in [-0.3, -0.25) is 10.1 Å². The maximum Gasteiger partial charge on any atom is 0.270 e. The number of nitro groups is 1. The van der Waals surface area contributed by atoms with Crippen molar-refractivity contribution in [3.8, 4) is 0 Å². The van der Waals surface area contributed by atoms with Crippen LogP contribution in [0, 0.1) is 16.0 Å². The van der Waals surface area contributed by atoms with Crippen LogP contribution in [0.25, 0.3) is 0 Å². The molecule has 110 valence electrons. The van der Waals surface area contributed by atoms with Crippen LogP contribution >= 0.6 is 11.6 Å². The Morgan fingerprint density at radius 3 is 2.48 bits per heavy atom. The number of benzene rings is 2. The highest BCUT2D eigenvalue weighted by Crippen LogP contribution is 2.29. The summed E-state index contributed by atoms with van der Waals surface area (Å²) in [5, 5.41) is 21.4. The van der Waals surface area contributed by atoms with Crippen LogP contribution in [0.3, 0.4) is 0 Å². The van der Waals surface area contributed by atoms with Crippen LogP contribution in [0.15, 0.2) is 48.5 Å². The molecule has 0 spiro atoms. The molecule has 0 amide bonds. The first-order chi connectivity index (χ1) is 9.99. The minimum atomic E-state index is -0.600. The van der Waals surface area contributed by atoms with Crippen molar-refractivity contribution in [1.82, 2.24) is 0 Å². The zero-order chi connectivity index (χ0) is 15.4. The average Bonchev–Trinajstić information content (AvgIpc) is 2.49. The second-order valence-corrected chi connectivity index (χ2v) is 5.48. The molecule has 0 saturated heterocycles. The predicted octanol–water partition coefficient (Wildman–Crippen LogP) is 4.16. The lowest BCUT2D eigenvalue weighted by atomic mass is 9.91. The van der Waals surface area contributed by atoms with E-state index >= 15 is 0 Å². The summed E-state index contributed by atoms with van der Waals surface area (Å²) in [6, 6.07) is 13.8. The van der Waals surface area contributed by atoms with E-state index in [4.69, 9.17) is 11.6 Å². The molecule has 1 N–H and O–H groups in total. The van der Waals surface area contributed by atoms with Crippen LogP contribution in [0.5, 0.6) is 0 Å². The molecule has 0 heterocycles. The Hall–Kier alpha value is -1.91. The van der Waals surface area contributed by atoms with Crippen LogP contribution in [-0.2, 0) is 6.42 Å². The molecular formula is C16H16ClNO3. The fourth-order valence-corrected chi connectivity index (χ4v) is 2.50. The van der Waals surface area contributed by atoms with Crippen molar-refractivity contribution >= 4 is 17.3 Å². The van der Waals surface area contributed by atoms with Crippen LogP contribution in [0.1, 0.15) is 24.2 Å². The van der Waals surface area contributed by atoms with Gasteiger partial charge in [-0.1, -0.05) is 54.9 Å². The van der Waals surface area contributed by atoms with Crippen molar-refractivity contribution in [2.45, 2.75) is 19.4 Å². The van der Waals surface area contributed by atoms with Gasteiger partial charge < -0.3 is 5.11 Å². The lowest BCUT2D eigenvalue weighted by Crippen LogP contribution is -2.12. The third-order valence-corrected chi connectivity index (χ3v) is 3.82. The van der Waals surface area contributed by atoms with Crippen molar-refractivity contribution in [3.63, 3.8) is 0 Å². The SMILES string of the molecule is CC(Cc1ccc([N+](=O)[O-])cc1Cl)C(O)c1ccccc1. The second kappa shape index (κ2) is 6.70. The molecule has 0 aliphatic carbocycles. The monoisotopic (exact) mass is 305 g/mol. The summed E-state index contributed by atoms with van der Waals surface area (Å²) in [4.78, 5) is 10.2. The lowest BCUT2D eigenvalue weighted by Gasteiger charge is -2.19.